The second-order valence-electron chi connectivity index (χ2n) is 7.48. The van der Waals surface area contributed by atoms with Gasteiger partial charge in [-0.25, -0.2) is 4.98 Å². The van der Waals surface area contributed by atoms with Crippen molar-refractivity contribution in [1.82, 2.24) is 4.98 Å². The lowest BCUT2D eigenvalue weighted by atomic mass is 10.0. The monoisotopic (exact) mass is 432 g/mol. The standard InChI is InChI=1S/C28H20N2O3/c31-24-18-22(19-10-4-1-5-11-19)16-17-23(24)27-29-25(20-12-6-2-7-13-20)28(33-27)30-26(32)21-14-8-3-9-15-21/h1-18,31H,(H,30,32). The minimum Gasteiger partial charge on any atom is -0.507 e. The van der Waals surface area contributed by atoms with E-state index < -0.39 is 0 Å². The van der Waals surface area contributed by atoms with Crippen molar-refractivity contribution in [3.8, 4) is 39.6 Å². The van der Waals surface area contributed by atoms with Crippen LogP contribution in [0.15, 0.2) is 114 Å². The van der Waals surface area contributed by atoms with E-state index in [4.69, 9.17) is 4.42 Å². The molecule has 0 saturated carbocycles. The van der Waals surface area contributed by atoms with Gasteiger partial charge in [0.05, 0.1) is 5.56 Å². The Labute approximate surface area is 191 Å². The molecule has 5 aromatic rings. The maximum atomic E-state index is 12.8. The number of carbonyl (C=O) groups is 1. The van der Waals surface area contributed by atoms with E-state index in [9.17, 15) is 9.90 Å². The first-order valence-electron chi connectivity index (χ1n) is 10.5. The lowest BCUT2D eigenvalue weighted by Gasteiger charge is -2.05. The highest BCUT2D eigenvalue weighted by Crippen LogP contribution is 2.38. The molecule has 0 unspecified atom stereocenters. The van der Waals surface area contributed by atoms with Crippen molar-refractivity contribution in [3.05, 3.63) is 115 Å². The fourth-order valence-corrected chi connectivity index (χ4v) is 3.60. The summed E-state index contributed by atoms with van der Waals surface area (Å²) in [4.78, 5) is 17.4. The molecule has 4 aromatic carbocycles. The summed E-state index contributed by atoms with van der Waals surface area (Å²) in [5.74, 6) is 0.170. The Morgan fingerprint density at radius 1 is 0.727 bits per heavy atom. The number of hydrogen-bond donors (Lipinski definition) is 2. The molecule has 2 N–H and O–H groups in total. The molecule has 1 aromatic heterocycles. The molecule has 5 rings (SSSR count). The fourth-order valence-electron chi connectivity index (χ4n) is 3.60. The van der Waals surface area contributed by atoms with Gasteiger partial charge in [0.2, 0.25) is 11.8 Å². The largest absolute Gasteiger partial charge is 0.507 e. The van der Waals surface area contributed by atoms with Gasteiger partial charge in [-0.05, 0) is 35.4 Å². The van der Waals surface area contributed by atoms with Gasteiger partial charge in [0.25, 0.3) is 5.91 Å². The molecule has 160 valence electrons. The number of hydrogen-bond acceptors (Lipinski definition) is 4. The zero-order valence-electron chi connectivity index (χ0n) is 17.6. The normalized spacial score (nSPS) is 10.7. The van der Waals surface area contributed by atoms with E-state index in [1.54, 1.807) is 36.4 Å². The van der Waals surface area contributed by atoms with Crippen molar-refractivity contribution in [3.63, 3.8) is 0 Å². The van der Waals surface area contributed by atoms with Crippen LogP contribution in [-0.4, -0.2) is 16.0 Å². The number of benzene rings is 4. The molecule has 0 aliphatic carbocycles. The summed E-state index contributed by atoms with van der Waals surface area (Å²) in [7, 11) is 0. The number of rotatable bonds is 5. The van der Waals surface area contributed by atoms with Crippen molar-refractivity contribution < 1.29 is 14.3 Å². The molecule has 0 fully saturated rings. The second kappa shape index (κ2) is 8.85. The predicted octanol–water partition coefficient (Wildman–Crippen LogP) is 6.63. The van der Waals surface area contributed by atoms with Crippen LogP contribution in [0, 0.1) is 0 Å². The van der Waals surface area contributed by atoms with Gasteiger partial charge in [-0.2, -0.15) is 0 Å². The number of anilines is 1. The van der Waals surface area contributed by atoms with E-state index in [0.717, 1.165) is 16.7 Å². The summed E-state index contributed by atoms with van der Waals surface area (Å²) in [6.07, 6.45) is 0. The van der Waals surface area contributed by atoms with Crippen molar-refractivity contribution in [2.24, 2.45) is 0 Å². The molecule has 0 bridgehead atoms. The van der Waals surface area contributed by atoms with Crippen LogP contribution in [-0.2, 0) is 0 Å². The van der Waals surface area contributed by atoms with Crippen LogP contribution >= 0.6 is 0 Å². The fraction of sp³-hybridized carbons (Fsp3) is 0. The lowest BCUT2D eigenvalue weighted by Crippen LogP contribution is -2.11. The summed E-state index contributed by atoms with van der Waals surface area (Å²) < 4.78 is 5.97. The van der Waals surface area contributed by atoms with E-state index in [2.05, 4.69) is 10.3 Å². The molecule has 33 heavy (non-hydrogen) atoms. The van der Waals surface area contributed by atoms with Gasteiger partial charge in [0.1, 0.15) is 11.4 Å². The first-order valence-corrected chi connectivity index (χ1v) is 10.5. The Morgan fingerprint density at radius 3 is 1.97 bits per heavy atom. The van der Waals surface area contributed by atoms with Gasteiger partial charge in [-0.3, -0.25) is 10.1 Å². The summed E-state index contributed by atoms with van der Waals surface area (Å²) in [5.41, 5.74) is 4.09. The molecule has 1 amide bonds. The SMILES string of the molecule is O=C(Nc1oc(-c2ccc(-c3ccccc3)cc2O)nc1-c1ccccc1)c1ccccc1. The van der Waals surface area contributed by atoms with Crippen LogP contribution in [0.2, 0.25) is 0 Å². The van der Waals surface area contributed by atoms with E-state index in [1.807, 2.05) is 72.8 Å². The maximum absolute atomic E-state index is 12.8. The highest BCUT2D eigenvalue weighted by atomic mass is 16.4. The highest BCUT2D eigenvalue weighted by Gasteiger charge is 2.21. The molecule has 0 aliphatic heterocycles. The van der Waals surface area contributed by atoms with Crippen molar-refractivity contribution >= 4 is 11.8 Å². The zero-order chi connectivity index (χ0) is 22.6. The Morgan fingerprint density at radius 2 is 1.33 bits per heavy atom. The topological polar surface area (TPSA) is 75.4 Å². The first kappa shape index (κ1) is 20.3. The minimum absolute atomic E-state index is 0.0400. The molecular weight excluding hydrogens is 412 g/mol. The van der Waals surface area contributed by atoms with Gasteiger partial charge in [-0.15, -0.1) is 0 Å². The Bertz CT molecular complexity index is 1400. The predicted molar refractivity (Wildman–Crippen MR) is 129 cm³/mol. The second-order valence-corrected chi connectivity index (χ2v) is 7.48. The molecule has 0 atom stereocenters. The van der Waals surface area contributed by atoms with E-state index >= 15 is 0 Å². The van der Waals surface area contributed by atoms with Crippen LogP contribution in [0.5, 0.6) is 5.75 Å². The van der Waals surface area contributed by atoms with Crippen molar-refractivity contribution in [2.75, 3.05) is 5.32 Å². The number of aromatic nitrogens is 1. The van der Waals surface area contributed by atoms with Crippen LogP contribution < -0.4 is 5.32 Å². The summed E-state index contributed by atoms with van der Waals surface area (Å²) >= 11 is 0. The third-order valence-corrected chi connectivity index (χ3v) is 5.27. The number of phenols is 1. The number of oxazole rings is 1. The average Bonchev–Trinajstić information content (AvgIpc) is 3.29. The Hall–Kier alpha value is -4.64. The van der Waals surface area contributed by atoms with E-state index in [1.165, 1.54) is 0 Å². The number of phenolic OH excluding ortho intramolecular Hbond substituents is 1. The number of nitrogens with zero attached hydrogens (tertiary/aromatic N) is 1. The molecule has 0 aliphatic rings. The van der Waals surface area contributed by atoms with Crippen molar-refractivity contribution in [2.45, 2.75) is 0 Å². The molecule has 0 radical (unpaired) electrons. The zero-order valence-corrected chi connectivity index (χ0v) is 17.6. The molecule has 0 spiro atoms. The Balaban J connectivity index is 1.54. The average molecular weight is 432 g/mol. The molecule has 5 heteroatoms. The molecule has 5 nitrogen and oxygen atoms in total. The third-order valence-electron chi connectivity index (χ3n) is 5.27. The van der Waals surface area contributed by atoms with Crippen LogP contribution in [0.3, 0.4) is 0 Å². The molecular formula is C28H20N2O3. The Kier molecular flexibility index (Phi) is 5.43. The quantitative estimate of drug-likeness (QED) is 0.327. The van der Waals surface area contributed by atoms with Gasteiger partial charge < -0.3 is 9.52 Å². The number of aromatic hydroxyl groups is 1. The van der Waals surface area contributed by atoms with E-state index in [0.29, 0.717) is 16.8 Å². The third kappa shape index (κ3) is 4.25. The first-order chi connectivity index (χ1) is 16.2. The van der Waals surface area contributed by atoms with E-state index in [-0.39, 0.29) is 23.4 Å². The summed E-state index contributed by atoms with van der Waals surface area (Å²) in [6, 6.07) is 33.5. The van der Waals surface area contributed by atoms with Gasteiger partial charge >= 0.3 is 0 Å². The lowest BCUT2D eigenvalue weighted by molar-refractivity contribution is 0.102. The number of nitrogens with one attached hydrogen (secondary N) is 1. The van der Waals surface area contributed by atoms with Gasteiger partial charge in [-0.1, -0.05) is 84.9 Å². The summed E-state index contributed by atoms with van der Waals surface area (Å²) in [6.45, 7) is 0. The van der Waals surface area contributed by atoms with Crippen LogP contribution in [0.1, 0.15) is 10.4 Å². The highest BCUT2D eigenvalue weighted by molar-refractivity contribution is 6.05. The smallest absolute Gasteiger partial charge is 0.258 e. The summed E-state index contributed by atoms with van der Waals surface area (Å²) in [5, 5.41) is 13.6. The van der Waals surface area contributed by atoms with Crippen molar-refractivity contribution in [1.29, 1.82) is 0 Å². The van der Waals surface area contributed by atoms with Crippen LogP contribution in [0.4, 0.5) is 5.88 Å². The maximum Gasteiger partial charge on any atom is 0.258 e. The molecule has 1 heterocycles. The van der Waals surface area contributed by atoms with Gasteiger partial charge in [0.15, 0.2) is 0 Å². The van der Waals surface area contributed by atoms with Crippen LogP contribution in [0.25, 0.3) is 33.8 Å². The minimum atomic E-state index is -0.306. The number of amides is 1. The number of carbonyl (C=O) groups excluding carboxylic acids is 1. The molecule has 0 saturated heterocycles. The van der Waals surface area contributed by atoms with Gasteiger partial charge in [0, 0.05) is 11.1 Å².